The lowest BCUT2D eigenvalue weighted by Gasteiger charge is -2.19. The molecular formula is C14H21N3O4. The smallest absolute Gasteiger partial charge is 0.408 e. The Hall–Kier alpha value is -2.31. The van der Waals surface area contributed by atoms with Crippen LogP contribution in [0.25, 0.3) is 0 Å². The second kappa shape index (κ2) is 7.47. The van der Waals surface area contributed by atoms with E-state index in [2.05, 4.69) is 15.6 Å². The molecule has 21 heavy (non-hydrogen) atoms. The molecule has 0 radical (unpaired) electrons. The highest BCUT2D eigenvalue weighted by molar-refractivity contribution is 5.78. The van der Waals surface area contributed by atoms with Crippen LogP contribution in [0.2, 0.25) is 0 Å². The van der Waals surface area contributed by atoms with Crippen LogP contribution in [-0.4, -0.2) is 36.2 Å². The third-order valence-electron chi connectivity index (χ3n) is 2.29. The van der Waals surface area contributed by atoms with Gasteiger partial charge in [-0.25, -0.2) is 9.78 Å². The van der Waals surface area contributed by atoms with Crippen molar-refractivity contribution in [1.82, 2.24) is 10.3 Å². The first-order valence-corrected chi connectivity index (χ1v) is 6.56. The van der Waals surface area contributed by atoms with Gasteiger partial charge >= 0.3 is 12.1 Å². The van der Waals surface area contributed by atoms with Crippen LogP contribution in [0, 0.1) is 0 Å². The Bertz CT molecular complexity index is 497. The van der Waals surface area contributed by atoms with Crippen molar-refractivity contribution in [1.29, 1.82) is 0 Å². The Balaban J connectivity index is 2.36. The van der Waals surface area contributed by atoms with E-state index in [4.69, 9.17) is 9.47 Å². The van der Waals surface area contributed by atoms with E-state index in [1.54, 1.807) is 46.1 Å². The molecule has 1 amide bonds. The monoisotopic (exact) mass is 295 g/mol. The minimum Gasteiger partial charge on any atom is -0.459 e. The summed E-state index contributed by atoms with van der Waals surface area (Å²) < 4.78 is 10.1. The quantitative estimate of drug-likeness (QED) is 0.804. The van der Waals surface area contributed by atoms with Crippen LogP contribution in [0.5, 0.6) is 0 Å². The molecule has 0 bridgehead atoms. The average Bonchev–Trinajstić information content (AvgIpc) is 2.41. The summed E-state index contributed by atoms with van der Waals surface area (Å²) in [4.78, 5) is 27.0. The molecular weight excluding hydrogens is 274 g/mol. The highest BCUT2D eigenvalue weighted by atomic mass is 16.6. The van der Waals surface area contributed by atoms with Crippen molar-refractivity contribution in [2.75, 3.05) is 18.9 Å². The minimum atomic E-state index is -0.656. The highest BCUT2D eigenvalue weighted by Crippen LogP contribution is 2.11. The molecule has 0 atom stereocenters. The maximum atomic E-state index is 11.6. The molecule has 0 spiro atoms. The van der Waals surface area contributed by atoms with Crippen LogP contribution < -0.4 is 10.6 Å². The van der Waals surface area contributed by atoms with Crippen molar-refractivity contribution in [3.63, 3.8) is 0 Å². The number of carbonyl (C=O) groups excluding carboxylic acids is 2. The van der Waals surface area contributed by atoms with Gasteiger partial charge in [0.25, 0.3) is 0 Å². The number of pyridine rings is 1. The number of anilines is 1. The predicted octanol–water partition coefficient (Wildman–Crippen LogP) is 1.69. The van der Waals surface area contributed by atoms with Crippen LogP contribution in [0.15, 0.2) is 18.3 Å². The van der Waals surface area contributed by atoms with E-state index in [0.717, 1.165) is 5.56 Å². The summed E-state index contributed by atoms with van der Waals surface area (Å²) in [5.74, 6) is 0.0946. The zero-order valence-electron chi connectivity index (χ0n) is 12.7. The Morgan fingerprint density at radius 3 is 2.67 bits per heavy atom. The van der Waals surface area contributed by atoms with Gasteiger partial charge in [-0.3, -0.25) is 4.79 Å². The molecule has 116 valence electrons. The van der Waals surface area contributed by atoms with Gasteiger partial charge in [-0.15, -0.1) is 0 Å². The number of rotatable bonds is 5. The maximum absolute atomic E-state index is 11.6. The summed E-state index contributed by atoms with van der Waals surface area (Å²) in [6.07, 6.45) is 0.984. The van der Waals surface area contributed by atoms with E-state index in [0.29, 0.717) is 5.82 Å². The van der Waals surface area contributed by atoms with Gasteiger partial charge in [0.05, 0.1) is 0 Å². The number of ether oxygens (including phenoxy) is 2. The average molecular weight is 295 g/mol. The first-order valence-electron chi connectivity index (χ1n) is 6.56. The SMILES string of the molecule is CNc1ncccc1COC(=O)CNC(=O)OC(C)(C)C. The van der Waals surface area contributed by atoms with E-state index < -0.39 is 17.7 Å². The van der Waals surface area contributed by atoms with Gasteiger partial charge in [0.2, 0.25) is 0 Å². The van der Waals surface area contributed by atoms with E-state index >= 15 is 0 Å². The van der Waals surface area contributed by atoms with Gasteiger partial charge in [0.15, 0.2) is 0 Å². The Morgan fingerprint density at radius 2 is 2.05 bits per heavy atom. The number of nitrogens with zero attached hydrogens (tertiary/aromatic N) is 1. The van der Waals surface area contributed by atoms with Gasteiger partial charge in [-0.2, -0.15) is 0 Å². The normalized spacial score (nSPS) is 10.7. The molecule has 1 heterocycles. The fourth-order valence-corrected chi connectivity index (χ4v) is 1.45. The van der Waals surface area contributed by atoms with Gasteiger partial charge in [0.1, 0.15) is 24.6 Å². The zero-order chi connectivity index (χ0) is 15.9. The first kappa shape index (κ1) is 16.7. The topological polar surface area (TPSA) is 89.6 Å². The molecule has 2 N–H and O–H groups in total. The van der Waals surface area contributed by atoms with Crippen molar-refractivity contribution in [3.05, 3.63) is 23.9 Å². The van der Waals surface area contributed by atoms with Crippen molar-refractivity contribution < 1.29 is 19.1 Å². The van der Waals surface area contributed by atoms with Crippen LogP contribution in [-0.2, 0) is 20.9 Å². The summed E-state index contributed by atoms with van der Waals surface area (Å²) in [5, 5.41) is 5.24. The zero-order valence-corrected chi connectivity index (χ0v) is 12.7. The lowest BCUT2D eigenvalue weighted by molar-refractivity contribution is -0.143. The molecule has 0 unspecified atom stereocenters. The lowest BCUT2D eigenvalue weighted by Crippen LogP contribution is -2.36. The van der Waals surface area contributed by atoms with E-state index in [-0.39, 0.29) is 13.2 Å². The summed E-state index contributed by atoms with van der Waals surface area (Å²) in [5.41, 5.74) is 0.149. The van der Waals surface area contributed by atoms with Crippen molar-refractivity contribution in [2.45, 2.75) is 33.0 Å². The van der Waals surface area contributed by atoms with Crippen LogP contribution in [0.3, 0.4) is 0 Å². The largest absolute Gasteiger partial charge is 0.459 e. The maximum Gasteiger partial charge on any atom is 0.408 e. The Labute approximate surface area is 124 Å². The fraction of sp³-hybridized carbons (Fsp3) is 0.500. The van der Waals surface area contributed by atoms with E-state index in [9.17, 15) is 9.59 Å². The number of aromatic nitrogens is 1. The number of hydrogen-bond donors (Lipinski definition) is 2. The second-order valence-electron chi connectivity index (χ2n) is 5.28. The molecule has 7 heteroatoms. The molecule has 0 aliphatic heterocycles. The minimum absolute atomic E-state index is 0.0822. The summed E-state index contributed by atoms with van der Waals surface area (Å²) in [6.45, 7) is 5.06. The lowest BCUT2D eigenvalue weighted by atomic mass is 10.2. The van der Waals surface area contributed by atoms with E-state index in [1.807, 2.05) is 0 Å². The number of esters is 1. The van der Waals surface area contributed by atoms with Crippen LogP contribution in [0.4, 0.5) is 10.6 Å². The molecule has 0 aliphatic carbocycles. The van der Waals surface area contributed by atoms with Gasteiger partial charge in [-0.1, -0.05) is 6.07 Å². The Kier molecular flexibility index (Phi) is 5.95. The third kappa shape index (κ3) is 6.60. The second-order valence-corrected chi connectivity index (χ2v) is 5.28. The summed E-state index contributed by atoms with van der Waals surface area (Å²) >= 11 is 0. The molecule has 7 nitrogen and oxygen atoms in total. The molecule has 0 saturated heterocycles. The molecule has 1 aromatic rings. The number of amides is 1. The third-order valence-corrected chi connectivity index (χ3v) is 2.29. The number of nitrogens with one attached hydrogen (secondary N) is 2. The van der Waals surface area contributed by atoms with Crippen LogP contribution >= 0.6 is 0 Å². The Morgan fingerprint density at radius 1 is 1.33 bits per heavy atom. The van der Waals surface area contributed by atoms with Crippen molar-refractivity contribution >= 4 is 17.9 Å². The molecule has 0 saturated carbocycles. The number of carbonyl (C=O) groups is 2. The molecule has 0 aliphatic rings. The standard InChI is InChI=1S/C14H21N3O4/c1-14(2,3)21-13(19)17-8-11(18)20-9-10-6-5-7-16-12(10)15-4/h5-7H,8-9H2,1-4H3,(H,15,16)(H,17,19). The first-order chi connectivity index (χ1) is 9.81. The van der Waals surface area contributed by atoms with Gasteiger partial charge < -0.3 is 20.1 Å². The van der Waals surface area contributed by atoms with Gasteiger partial charge in [0, 0.05) is 18.8 Å². The van der Waals surface area contributed by atoms with Crippen LogP contribution in [0.1, 0.15) is 26.3 Å². The molecule has 0 aromatic carbocycles. The summed E-state index contributed by atoms with van der Waals surface area (Å²) in [7, 11) is 1.73. The van der Waals surface area contributed by atoms with Crippen molar-refractivity contribution in [3.8, 4) is 0 Å². The summed E-state index contributed by atoms with van der Waals surface area (Å²) in [6, 6.07) is 3.55. The molecule has 0 fully saturated rings. The highest BCUT2D eigenvalue weighted by Gasteiger charge is 2.17. The molecule has 1 aromatic heterocycles. The molecule has 1 rings (SSSR count). The predicted molar refractivity (Wildman–Crippen MR) is 77.8 cm³/mol. The fourth-order valence-electron chi connectivity index (χ4n) is 1.45. The number of hydrogen-bond acceptors (Lipinski definition) is 6. The number of alkyl carbamates (subject to hydrolysis) is 1. The van der Waals surface area contributed by atoms with Crippen molar-refractivity contribution in [2.24, 2.45) is 0 Å². The van der Waals surface area contributed by atoms with Gasteiger partial charge in [-0.05, 0) is 26.8 Å². The van der Waals surface area contributed by atoms with E-state index in [1.165, 1.54) is 0 Å².